The molecule has 1 aromatic carbocycles. The van der Waals surface area contributed by atoms with Gasteiger partial charge in [0.1, 0.15) is 11.6 Å². The quantitative estimate of drug-likeness (QED) is 0.748. The topological polar surface area (TPSA) is 30.5 Å². The molecule has 0 unspecified atom stereocenters. The Bertz CT molecular complexity index is 359. The van der Waals surface area contributed by atoms with Gasteiger partial charge in [-0.2, -0.15) is 0 Å². The minimum atomic E-state index is -0.458. The highest BCUT2D eigenvalue weighted by molar-refractivity contribution is 5.46. The summed E-state index contributed by atoms with van der Waals surface area (Å²) in [6.45, 7) is 3.37. The molecule has 0 aliphatic carbocycles. The van der Waals surface area contributed by atoms with Crippen molar-refractivity contribution in [3.63, 3.8) is 0 Å². The summed E-state index contributed by atoms with van der Waals surface area (Å²) < 4.78 is 36.5. The average molecular weight is 245 g/mol. The molecule has 0 aliphatic rings. The van der Waals surface area contributed by atoms with Crippen LogP contribution in [0.15, 0.2) is 12.1 Å². The van der Waals surface area contributed by atoms with Gasteiger partial charge in [-0.3, -0.25) is 0 Å². The maximum atomic E-state index is 13.4. The minimum absolute atomic E-state index is 0.156. The van der Waals surface area contributed by atoms with Crippen LogP contribution >= 0.6 is 0 Å². The predicted octanol–water partition coefficient (Wildman–Crippen LogP) is 2.35. The van der Waals surface area contributed by atoms with E-state index < -0.39 is 11.6 Å². The van der Waals surface area contributed by atoms with E-state index in [9.17, 15) is 8.78 Å². The van der Waals surface area contributed by atoms with Gasteiger partial charge in [0.05, 0.1) is 25.5 Å². The van der Waals surface area contributed by atoms with Crippen molar-refractivity contribution < 1.29 is 18.3 Å². The third kappa shape index (κ3) is 4.66. The third-order valence-corrected chi connectivity index (χ3v) is 2.24. The summed E-state index contributed by atoms with van der Waals surface area (Å²) in [5.41, 5.74) is 0.452. The molecule has 0 saturated carbocycles. The molecule has 0 heterocycles. The number of anilines is 1. The highest BCUT2D eigenvalue weighted by atomic mass is 19.1. The van der Waals surface area contributed by atoms with E-state index in [-0.39, 0.29) is 5.69 Å². The second kappa shape index (κ2) is 7.19. The standard InChI is InChI=1S/C12H17F2NO2/c1-9-7-11(14)12(8-10(9)13)15-3-4-17-6-5-16-2/h7-8,15H,3-6H2,1-2H3. The minimum Gasteiger partial charge on any atom is -0.382 e. The summed E-state index contributed by atoms with van der Waals surface area (Å²) in [6, 6.07) is 2.32. The van der Waals surface area contributed by atoms with Gasteiger partial charge in [0.15, 0.2) is 0 Å². The fourth-order valence-corrected chi connectivity index (χ4v) is 1.28. The molecule has 0 aromatic heterocycles. The molecule has 0 bridgehead atoms. The van der Waals surface area contributed by atoms with E-state index in [1.807, 2.05) is 0 Å². The monoisotopic (exact) mass is 245 g/mol. The lowest BCUT2D eigenvalue weighted by atomic mass is 10.2. The lowest BCUT2D eigenvalue weighted by Crippen LogP contribution is -2.13. The van der Waals surface area contributed by atoms with Crippen LogP contribution in [0.4, 0.5) is 14.5 Å². The zero-order valence-corrected chi connectivity index (χ0v) is 10.1. The maximum absolute atomic E-state index is 13.4. The number of aryl methyl sites for hydroxylation is 1. The van der Waals surface area contributed by atoms with Crippen LogP contribution in [0.5, 0.6) is 0 Å². The predicted molar refractivity (Wildman–Crippen MR) is 62.3 cm³/mol. The van der Waals surface area contributed by atoms with E-state index in [0.29, 0.717) is 31.9 Å². The second-order valence-electron chi connectivity index (χ2n) is 3.61. The molecule has 0 fully saturated rings. The lowest BCUT2D eigenvalue weighted by molar-refractivity contribution is 0.0759. The SMILES string of the molecule is COCCOCCNc1cc(F)c(C)cc1F. The first kappa shape index (κ1) is 13.9. The molecule has 1 rings (SSSR count). The van der Waals surface area contributed by atoms with Crippen LogP contribution < -0.4 is 5.32 Å². The van der Waals surface area contributed by atoms with E-state index in [1.54, 1.807) is 7.11 Å². The molecule has 0 amide bonds. The number of methoxy groups -OCH3 is 1. The molecule has 1 N–H and O–H groups in total. The van der Waals surface area contributed by atoms with Gasteiger partial charge in [-0.25, -0.2) is 8.78 Å². The number of hydrogen-bond donors (Lipinski definition) is 1. The van der Waals surface area contributed by atoms with Gasteiger partial charge >= 0.3 is 0 Å². The first-order valence-corrected chi connectivity index (χ1v) is 5.41. The lowest BCUT2D eigenvalue weighted by Gasteiger charge is -2.09. The number of benzene rings is 1. The Labute approximate surface area is 99.7 Å². The number of rotatable bonds is 7. The largest absolute Gasteiger partial charge is 0.382 e. The Morgan fingerprint density at radius 2 is 1.88 bits per heavy atom. The van der Waals surface area contributed by atoms with Gasteiger partial charge in [0.25, 0.3) is 0 Å². The molecule has 0 atom stereocenters. The fourth-order valence-electron chi connectivity index (χ4n) is 1.28. The molecule has 3 nitrogen and oxygen atoms in total. The van der Waals surface area contributed by atoms with Crippen LogP contribution in [0.25, 0.3) is 0 Å². The normalized spacial score (nSPS) is 10.6. The summed E-state index contributed by atoms with van der Waals surface area (Å²) in [7, 11) is 1.59. The highest BCUT2D eigenvalue weighted by Gasteiger charge is 2.06. The van der Waals surface area contributed by atoms with Gasteiger partial charge in [0.2, 0.25) is 0 Å². The van der Waals surface area contributed by atoms with Crippen molar-refractivity contribution in [1.82, 2.24) is 0 Å². The highest BCUT2D eigenvalue weighted by Crippen LogP contribution is 2.18. The van der Waals surface area contributed by atoms with Crippen LogP contribution in [0, 0.1) is 18.6 Å². The van der Waals surface area contributed by atoms with Crippen molar-refractivity contribution in [1.29, 1.82) is 0 Å². The summed E-state index contributed by atoms with van der Waals surface area (Å²) >= 11 is 0. The number of hydrogen-bond acceptors (Lipinski definition) is 3. The van der Waals surface area contributed by atoms with Crippen LogP contribution in [0.2, 0.25) is 0 Å². The second-order valence-corrected chi connectivity index (χ2v) is 3.61. The first-order valence-electron chi connectivity index (χ1n) is 5.41. The Balaban J connectivity index is 2.34. The van der Waals surface area contributed by atoms with Gasteiger partial charge in [-0.15, -0.1) is 0 Å². The summed E-state index contributed by atoms with van der Waals surface area (Å²) in [6.07, 6.45) is 0. The van der Waals surface area contributed by atoms with E-state index in [1.165, 1.54) is 13.0 Å². The van der Waals surface area contributed by atoms with Crippen LogP contribution in [0.1, 0.15) is 5.56 Å². The van der Waals surface area contributed by atoms with Crippen molar-refractivity contribution >= 4 is 5.69 Å². The average Bonchev–Trinajstić information content (AvgIpc) is 2.30. The van der Waals surface area contributed by atoms with Gasteiger partial charge in [-0.1, -0.05) is 0 Å². The summed E-state index contributed by atoms with van der Waals surface area (Å²) in [5, 5.41) is 2.78. The Morgan fingerprint density at radius 3 is 2.59 bits per heavy atom. The van der Waals surface area contributed by atoms with Crippen molar-refractivity contribution in [2.45, 2.75) is 6.92 Å². The Morgan fingerprint density at radius 1 is 1.12 bits per heavy atom. The summed E-state index contributed by atoms with van der Waals surface area (Å²) in [4.78, 5) is 0. The molecule has 0 spiro atoms. The number of halogens is 2. The Hall–Kier alpha value is -1.20. The van der Waals surface area contributed by atoms with Crippen LogP contribution in [-0.4, -0.2) is 33.5 Å². The number of ether oxygens (including phenoxy) is 2. The maximum Gasteiger partial charge on any atom is 0.146 e. The Kier molecular flexibility index (Phi) is 5.86. The van der Waals surface area contributed by atoms with Crippen molar-refractivity contribution in [3.05, 3.63) is 29.3 Å². The van der Waals surface area contributed by atoms with Gasteiger partial charge < -0.3 is 14.8 Å². The number of nitrogens with one attached hydrogen (secondary N) is 1. The van der Waals surface area contributed by atoms with Crippen LogP contribution in [0.3, 0.4) is 0 Å². The van der Waals surface area contributed by atoms with E-state index in [0.717, 1.165) is 6.07 Å². The smallest absolute Gasteiger partial charge is 0.146 e. The van der Waals surface area contributed by atoms with E-state index in [4.69, 9.17) is 9.47 Å². The molecule has 0 radical (unpaired) electrons. The molecule has 5 heteroatoms. The molecule has 1 aromatic rings. The van der Waals surface area contributed by atoms with Crippen molar-refractivity contribution in [2.75, 3.05) is 38.8 Å². The molecule has 0 saturated heterocycles. The summed E-state index contributed by atoms with van der Waals surface area (Å²) in [5.74, 6) is -0.880. The molecular weight excluding hydrogens is 228 g/mol. The first-order chi connectivity index (χ1) is 8.15. The van der Waals surface area contributed by atoms with Gasteiger partial charge in [-0.05, 0) is 18.6 Å². The zero-order chi connectivity index (χ0) is 12.7. The molecule has 96 valence electrons. The molecule has 0 aliphatic heterocycles. The van der Waals surface area contributed by atoms with Gasteiger partial charge in [0, 0.05) is 19.7 Å². The van der Waals surface area contributed by atoms with Crippen LogP contribution in [-0.2, 0) is 9.47 Å². The third-order valence-electron chi connectivity index (χ3n) is 2.24. The van der Waals surface area contributed by atoms with Crippen molar-refractivity contribution in [2.24, 2.45) is 0 Å². The van der Waals surface area contributed by atoms with Crippen molar-refractivity contribution in [3.8, 4) is 0 Å². The molecular formula is C12H17F2NO2. The van der Waals surface area contributed by atoms with E-state index in [2.05, 4.69) is 5.32 Å². The fraction of sp³-hybridized carbons (Fsp3) is 0.500. The van der Waals surface area contributed by atoms with E-state index >= 15 is 0 Å². The molecule has 17 heavy (non-hydrogen) atoms. The zero-order valence-electron chi connectivity index (χ0n) is 10.1.